The van der Waals surface area contributed by atoms with Crippen LogP contribution in [0.25, 0.3) is 0 Å². The van der Waals surface area contributed by atoms with E-state index in [0.717, 1.165) is 30.9 Å². The summed E-state index contributed by atoms with van der Waals surface area (Å²) in [4.78, 5) is 37.8. The molecule has 1 aliphatic rings. The molecule has 1 fully saturated rings. The van der Waals surface area contributed by atoms with Gasteiger partial charge in [0.15, 0.2) is 18.1 Å². The van der Waals surface area contributed by atoms with E-state index in [0.29, 0.717) is 0 Å². The third-order valence-electron chi connectivity index (χ3n) is 7.14. The van der Waals surface area contributed by atoms with Crippen LogP contribution in [0.15, 0.2) is 91.0 Å². The second-order valence-corrected chi connectivity index (χ2v) is 9.96. The van der Waals surface area contributed by atoms with Crippen molar-refractivity contribution >= 4 is 11.9 Å². The SMILES string of the molecule is COC(=O)C(C(=O)OC)[C@H]1O[C@H](COCc2ccccc2)[C@H](OCc2ccccc2)[C@H](OCc2ccccc2)[C@H]1[N+](=O)[O-]. The van der Waals surface area contributed by atoms with E-state index in [2.05, 4.69) is 0 Å². The number of carbonyl (C=O) groups excluding carboxylic acids is 2. The van der Waals surface area contributed by atoms with E-state index in [9.17, 15) is 19.7 Å². The molecular formula is C32H35NO10. The van der Waals surface area contributed by atoms with Crippen molar-refractivity contribution in [1.29, 1.82) is 0 Å². The standard InChI is InChI=1S/C32H35NO10/c1-38-31(34)26(32(35)39-2)29-27(33(36)37)30(42-20-24-16-10-5-11-17-24)28(41-19-23-14-8-4-9-15-23)25(43-29)21-40-18-22-12-6-3-7-13-22/h3-17,25-30H,18-21H2,1-2H3/t25-,27+,28+,29-,30-/m1/s1. The molecule has 0 N–H and O–H groups in total. The maximum Gasteiger partial charge on any atom is 0.323 e. The monoisotopic (exact) mass is 593 g/mol. The van der Waals surface area contributed by atoms with Crippen LogP contribution in [0, 0.1) is 16.0 Å². The van der Waals surface area contributed by atoms with E-state index in [1.54, 1.807) is 0 Å². The fraction of sp³-hybridized carbons (Fsp3) is 0.375. The first kappa shape index (κ1) is 31.8. The molecule has 228 valence electrons. The summed E-state index contributed by atoms with van der Waals surface area (Å²) in [6.07, 6.45) is -4.83. The van der Waals surface area contributed by atoms with Crippen LogP contribution in [0.3, 0.4) is 0 Å². The van der Waals surface area contributed by atoms with Gasteiger partial charge in [-0.2, -0.15) is 0 Å². The smallest absolute Gasteiger partial charge is 0.323 e. The molecule has 11 heteroatoms. The maximum atomic E-state index is 12.8. The van der Waals surface area contributed by atoms with Gasteiger partial charge in [-0.25, -0.2) is 0 Å². The molecule has 0 aromatic heterocycles. The molecule has 43 heavy (non-hydrogen) atoms. The van der Waals surface area contributed by atoms with Crippen molar-refractivity contribution in [2.24, 2.45) is 5.92 Å². The number of hydrogen-bond acceptors (Lipinski definition) is 10. The number of ether oxygens (including phenoxy) is 6. The lowest BCUT2D eigenvalue weighted by molar-refractivity contribution is -0.563. The molecule has 1 heterocycles. The Morgan fingerprint density at radius 1 is 0.744 bits per heavy atom. The van der Waals surface area contributed by atoms with Gasteiger partial charge in [0.25, 0.3) is 6.04 Å². The molecule has 5 atom stereocenters. The minimum Gasteiger partial charge on any atom is -0.468 e. The Labute approximate surface area is 249 Å². The number of hydrogen-bond donors (Lipinski definition) is 0. The van der Waals surface area contributed by atoms with Crippen LogP contribution in [-0.4, -0.2) is 68.1 Å². The molecule has 0 radical (unpaired) electrons. The Morgan fingerprint density at radius 3 is 1.63 bits per heavy atom. The van der Waals surface area contributed by atoms with Crippen LogP contribution in [0.5, 0.6) is 0 Å². The van der Waals surface area contributed by atoms with Gasteiger partial charge >= 0.3 is 11.9 Å². The zero-order valence-electron chi connectivity index (χ0n) is 24.0. The normalized spacial score (nSPS) is 21.7. The van der Waals surface area contributed by atoms with E-state index in [4.69, 9.17) is 28.4 Å². The topological polar surface area (TPSA) is 133 Å². The Morgan fingerprint density at radius 2 is 1.19 bits per heavy atom. The summed E-state index contributed by atoms with van der Waals surface area (Å²) in [5.41, 5.74) is 2.50. The lowest BCUT2D eigenvalue weighted by atomic mass is 9.85. The summed E-state index contributed by atoms with van der Waals surface area (Å²) in [6, 6.07) is 26.2. The fourth-order valence-corrected chi connectivity index (χ4v) is 5.02. The second kappa shape index (κ2) is 15.9. The number of rotatable bonds is 14. The number of carbonyl (C=O) groups is 2. The maximum absolute atomic E-state index is 12.8. The molecular weight excluding hydrogens is 558 g/mol. The first-order valence-electron chi connectivity index (χ1n) is 13.8. The van der Waals surface area contributed by atoms with Crippen LogP contribution in [0.1, 0.15) is 16.7 Å². The molecule has 0 spiro atoms. The molecule has 0 amide bonds. The first-order chi connectivity index (χ1) is 20.9. The van der Waals surface area contributed by atoms with Gasteiger partial charge in [0.1, 0.15) is 12.2 Å². The number of methoxy groups -OCH3 is 2. The van der Waals surface area contributed by atoms with Gasteiger partial charge in [-0.15, -0.1) is 0 Å². The summed E-state index contributed by atoms with van der Waals surface area (Å²) in [5.74, 6) is -3.81. The third kappa shape index (κ3) is 8.45. The average molecular weight is 594 g/mol. The predicted molar refractivity (Wildman–Crippen MR) is 153 cm³/mol. The summed E-state index contributed by atoms with van der Waals surface area (Å²) < 4.78 is 34.4. The van der Waals surface area contributed by atoms with Crippen LogP contribution in [0.2, 0.25) is 0 Å². The number of benzene rings is 3. The van der Waals surface area contributed by atoms with Gasteiger partial charge in [0, 0.05) is 4.92 Å². The average Bonchev–Trinajstić information content (AvgIpc) is 3.04. The van der Waals surface area contributed by atoms with E-state index in [-0.39, 0.29) is 26.4 Å². The van der Waals surface area contributed by atoms with Crippen molar-refractivity contribution in [2.75, 3.05) is 20.8 Å². The number of esters is 2. The lowest BCUT2D eigenvalue weighted by Gasteiger charge is -2.43. The van der Waals surface area contributed by atoms with Gasteiger partial charge in [-0.1, -0.05) is 91.0 Å². The fourth-order valence-electron chi connectivity index (χ4n) is 5.02. The van der Waals surface area contributed by atoms with Crippen molar-refractivity contribution in [3.8, 4) is 0 Å². The zero-order chi connectivity index (χ0) is 30.6. The van der Waals surface area contributed by atoms with Gasteiger partial charge in [-0.3, -0.25) is 19.7 Å². The summed E-state index contributed by atoms with van der Waals surface area (Å²) in [5, 5.41) is 12.7. The highest BCUT2D eigenvalue weighted by atomic mass is 16.7. The number of nitrogens with zero attached hydrogens (tertiary/aromatic N) is 1. The Kier molecular flexibility index (Phi) is 11.7. The zero-order valence-corrected chi connectivity index (χ0v) is 24.0. The van der Waals surface area contributed by atoms with Crippen molar-refractivity contribution in [2.45, 2.75) is 50.3 Å². The first-order valence-corrected chi connectivity index (χ1v) is 13.8. The van der Waals surface area contributed by atoms with Gasteiger partial charge in [0.05, 0.1) is 40.6 Å². The Balaban J connectivity index is 1.71. The van der Waals surface area contributed by atoms with Crippen LogP contribution >= 0.6 is 0 Å². The highest BCUT2D eigenvalue weighted by molar-refractivity contribution is 5.95. The molecule has 0 saturated carbocycles. The largest absolute Gasteiger partial charge is 0.468 e. The molecule has 0 aliphatic carbocycles. The van der Waals surface area contributed by atoms with Crippen molar-refractivity contribution in [1.82, 2.24) is 0 Å². The quantitative estimate of drug-likeness (QED) is 0.118. The minimum absolute atomic E-state index is 0.00642. The molecule has 3 aromatic carbocycles. The summed E-state index contributed by atoms with van der Waals surface area (Å²) in [7, 11) is 2.16. The highest BCUT2D eigenvalue weighted by Crippen LogP contribution is 2.34. The van der Waals surface area contributed by atoms with Gasteiger partial charge in [0.2, 0.25) is 0 Å². The van der Waals surface area contributed by atoms with Crippen molar-refractivity contribution in [3.05, 3.63) is 118 Å². The third-order valence-corrected chi connectivity index (χ3v) is 7.14. The Hall–Kier alpha value is -4.16. The highest BCUT2D eigenvalue weighted by Gasteiger charge is 2.59. The van der Waals surface area contributed by atoms with Crippen molar-refractivity contribution < 1.29 is 42.9 Å². The van der Waals surface area contributed by atoms with Crippen LogP contribution in [-0.2, 0) is 57.8 Å². The van der Waals surface area contributed by atoms with Crippen LogP contribution < -0.4 is 0 Å². The molecule has 1 saturated heterocycles. The minimum atomic E-state index is -1.75. The van der Waals surface area contributed by atoms with Gasteiger partial charge in [-0.05, 0) is 16.7 Å². The number of nitro groups is 1. The molecule has 0 unspecified atom stereocenters. The molecule has 0 bridgehead atoms. The van der Waals surface area contributed by atoms with E-state index < -0.39 is 53.2 Å². The molecule has 4 rings (SSSR count). The molecule has 11 nitrogen and oxygen atoms in total. The molecule has 3 aromatic rings. The van der Waals surface area contributed by atoms with Gasteiger partial charge < -0.3 is 28.4 Å². The van der Waals surface area contributed by atoms with E-state index in [1.807, 2.05) is 91.0 Å². The Bertz CT molecular complexity index is 1290. The van der Waals surface area contributed by atoms with E-state index >= 15 is 0 Å². The predicted octanol–water partition coefficient (Wildman–Crippen LogP) is 3.75. The molecule has 1 aliphatic heterocycles. The second-order valence-electron chi connectivity index (χ2n) is 9.96. The summed E-state index contributed by atoms with van der Waals surface area (Å²) in [6.45, 7) is 0.256. The van der Waals surface area contributed by atoms with Crippen molar-refractivity contribution in [3.63, 3.8) is 0 Å². The summed E-state index contributed by atoms with van der Waals surface area (Å²) >= 11 is 0. The lowest BCUT2D eigenvalue weighted by Crippen LogP contribution is -2.66. The van der Waals surface area contributed by atoms with E-state index in [1.165, 1.54) is 0 Å². The van der Waals surface area contributed by atoms with Crippen LogP contribution in [0.4, 0.5) is 0 Å².